The van der Waals surface area contributed by atoms with Gasteiger partial charge in [0.2, 0.25) is 0 Å². The molecule has 2 fully saturated rings. The van der Waals surface area contributed by atoms with E-state index in [2.05, 4.69) is 19.6 Å². The number of rotatable bonds is 18. The van der Waals surface area contributed by atoms with Crippen molar-refractivity contribution in [3.63, 3.8) is 0 Å². The van der Waals surface area contributed by atoms with Crippen molar-refractivity contribution in [3.8, 4) is 0 Å². The van der Waals surface area contributed by atoms with Crippen LogP contribution in [0.25, 0.3) is 0 Å². The third-order valence-electron chi connectivity index (χ3n) is 8.85. The summed E-state index contributed by atoms with van der Waals surface area (Å²) in [6.07, 6.45) is -18.7. The molecule has 20 nitrogen and oxygen atoms in total. The van der Waals surface area contributed by atoms with Crippen molar-refractivity contribution < 1.29 is 95.9 Å². The van der Waals surface area contributed by atoms with Gasteiger partial charge in [-0.25, -0.2) is 9.59 Å². The number of carbonyl (C=O) groups is 7. The molecule has 2 heterocycles. The molecule has 3 rings (SSSR count). The molecule has 0 aliphatic carbocycles. The van der Waals surface area contributed by atoms with Crippen LogP contribution in [0.4, 0.5) is 0 Å². The lowest BCUT2D eigenvalue weighted by Crippen LogP contribution is -2.69. The van der Waals surface area contributed by atoms with Crippen LogP contribution in [0.2, 0.25) is 25.7 Å². The third-order valence-corrected chi connectivity index (χ3v) is 10.6. The van der Waals surface area contributed by atoms with Crippen LogP contribution in [0.1, 0.15) is 51.4 Å². The molecule has 2 N–H and O–H groups in total. The first-order chi connectivity index (χ1) is 27.6. The van der Waals surface area contributed by atoms with Crippen molar-refractivity contribution in [3.05, 3.63) is 35.9 Å². The van der Waals surface area contributed by atoms with E-state index in [0.29, 0.717) is 6.04 Å². The monoisotopic (exact) mass is 858 g/mol. The Labute approximate surface area is 341 Å². The first kappa shape index (κ1) is 48.9. The highest BCUT2D eigenvalue weighted by molar-refractivity contribution is 6.76. The average Bonchev–Trinajstić information content (AvgIpc) is 3.14. The summed E-state index contributed by atoms with van der Waals surface area (Å²) >= 11 is 0. The predicted octanol–water partition coefficient (Wildman–Crippen LogP) is 0.978. The summed E-state index contributed by atoms with van der Waals surface area (Å²) in [6, 6.07) is 8.52. The summed E-state index contributed by atoms with van der Waals surface area (Å²) in [6.45, 7) is 9.94. The van der Waals surface area contributed by atoms with Crippen LogP contribution in [-0.2, 0) is 80.9 Å². The standard InChI is InChI=1S/C38H54O20Si/c1-20(39)50-19-28(53-22(3)41)32(55-24(5)43)34-31(54-23(4)42)26(52-21(2)40)17-38(58-34,37(47)48-6)57-33-29(44)27(18-51-35(46)25-13-11-10-12-14-25)56-36(30(33)45)49-15-16-59(7,8)9/h10-14,26-34,36,44-45H,15-19H2,1-9H3/t26-,27+,28+,29-,30+,31+,32+,33-,34+,36+,38+/m0/s1. The molecule has 0 spiro atoms. The molecule has 0 aromatic heterocycles. The average molecular weight is 859 g/mol. The van der Waals surface area contributed by atoms with Gasteiger partial charge < -0.3 is 62.3 Å². The van der Waals surface area contributed by atoms with Gasteiger partial charge in [-0.2, -0.15) is 0 Å². The topological polar surface area (TPSA) is 261 Å². The Morgan fingerprint density at radius 3 is 1.98 bits per heavy atom. The molecular weight excluding hydrogens is 804 g/mol. The van der Waals surface area contributed by atoms with Gasteiger partial charge in [-0.05, 0) is 18.2 Å². The molecule has 0 radical (unpaired) electrons. The Morgan fingerprint density at radius 2 is 1.44 bits per heavy atom. The van der Waals surface area contributed by atoms with Crippen LogP contribution in [0.5, 0.6) is 0 Å². The zero-order valence-corrected chi connectivity index (χ0v) is 35.4. The SMILES string of the molecule is COC(=O)[C@@]1(O[C@H]2[C@@H](O)[C@@H](COC(=O)c3ccccc3)O[C@@H](OCC[Si](C)(C)C)[C@@H]2O)C[C@H](OC(C)=O)[C@@H](OC(C)=O)[C@H]([C@H](OC(C)=O)[C@@H](COC(C)=O)OC(C)=O)O1. The molecule has 2 aliphatic heterocycles. The molecule has 2 saturated heterocycles. The number of hydrogen-bond acceptors (Lipinski definition) is 20. The van der Waals surface area contributed by atoms with Crippen molar-refractivity contribution in [2.24, 2.45) is 0 Å². The number of aliphatic hydroxyl groups excluding tert-OH is 2. The predicted molar refractivity (Wildman–Crippen MR) is 199 cm³/mol. The lowest BCUT2D eigenvalue weighted by molar-refractivity contribution is -0.377. The lowest BCUT2D eigenvalue weighted by atomic mass is 9.89. The molecule has 2 aliphatic rings. The molecule has 11 atom stereocenters. The second kappa shape index (κ2) is 21.7. The van der Waals surface area contributed by atoms with Gasteiger partial charge in [0.15, 0.2) is 24.6 Å². The first-order valence-corrected chi connectivity index (χ1v) is 22.4. The van der Waals surface area contributed by atoms with Crippen LogP contribution in [0, 0.1) is 0 Å². The highest BCUT2D eigenvalue weighted by Gasteiger charge is 2.63. The minimum absolute atomic E-state index is 0.0834. The second-order valence-corrected chi connectivity index (χ2v) is 20.7. The fraction of sp³-hybridized carbons (Fsp3) is 0.658. The quantitative estimate of drug-likeness (QED) is 0.118. The maximum absolute atomic E-state index is 14.0. The normalized spacial score (nSPS) is 27.8. The summed E-state index contributed by atoms with van der Waals surface area (Å²) < 4.78 is 61.9. The highest BCUT2D eigenvalue weighted by atomic mass is 28.3. The Kier molecular flexibility index (Phi) is 17.9. The maximum Gasteiger partial charge on any atom is 0.366 e. The van der Waals surface area contributed by atoms with Gasteiger partial charge in [-0.15, -0.1) is 0 Å². The molecule has 0 bridgehead atoms. The van der Waals surface area contributed by atoms with Gasteiger partial charge in [-0.3, -0.25) is 24.0 Å². The second-order valence-electron chi connectivity index (χ2n) is 15.0. The van der Waals surface area contributed by atoms with E-state index in [1.807, 2.05) is 0 Å². The molecule has 1 aromatic carbocycles. The minimum atomic E-state index is -2.85. The molecule has 59 heavy (non-hydrogen) atoms. The number of hydrogen-bond donors (Lipinski definition) is 2. The first-order valence-electron chi connectivity index (χ1n) is 18.7. The highest BCUT2D eigenvalue weighted by Crippen LogP contribution is 2.41. The summed E-state index contributed by atoms with van der Waals surface area (Å²) in [5.41, 5.74) is 0.182. The van der Waals surface area contributed by atoms with E-state index in [1.54, 1.807) is 18.2 Å². The Hall–Kier alpha value is -4.51. The minimum Gasteiger partial charge on any atom is -0.465 e. The zero-order chi connectivity index (χ0) is 44.2. The number of ether oxygens (including phenoxy) is 11. The van der Waals surface area contributed by atoms with Gasteiger partial charge in [-0.1, -0.05) is 37.8 Å². The maximum atomic E-state index is 14.0. The van der Waals surface area contributed by atoms with E-state index >= 15 is 0 Å². The molecule has 21 heteroatoms. The van der Waals surface area contributed by atoms with Crippen LogP contribution in [-0.4, -0.2) is 154 Å². The Bertz CT molecular complexity index is 1630. The van der Waals surface area contributed by atoms with Crippen molar-refractivity contribution in [2.45, 2.75) is 134 Å². The molecule has 330 valence electrons. The van der Waals surface area contributed by atoms with Gasteiger partial charge in [0.05, 0.1) is 19.1 Å². The van der Waals surface area contributed by atoms with E-state index < -0.39 is 137 Å². The van der Waals surface area contributed by atoms with Gasteiger partial charge in [0.1, 0.15) is 49.8 Å². The van der Waals surface area contributed by atoms with E-state index in [4.69, 9.17) is 52.1 Å². The summed E-state index contributed by atoms with van der Waals surface area (Å²) in [5.74, 6) is -9.76. The van der Waals surface area contributed by atoms with E-state index in [0.717, 1.165) is 41.7 Å². The van der Waals surface area contributed by atoms with Crippen LogP contribution < -0.4 is 0 Å². The molecule has 0 amide bonds. The fourth-order valence-electron chi connectivity index (χ4n) is 6.24. The largest absolute Gasteiger partial charge is 0.465 e. The Balaban J connectivity index is 2.19. The van der Waals surface area contributed by atoms with Crippen LogP contribution in [0.3, 0.4) is 0 Å². The molecule has 0 saturated carbocycles. The van der Waals surface area contributed by atoms with Crippen molar-refractivity contribution in [1.29, 1.82) is 0 Å². The number of esters is 7. The van der Waals surface area contributed by atoms with Crippen LogP contribution in [0.15, 0.2) is 30.3 Å². The summed E-state index contributed by atoms with van der Waals surface area (Å²) in [4.78, 5) is 88.8. The summed E-state index contributed by atoms with van der Waals surface area (Å²) in [7, 11) is -0.781. The molecule has 1 aromatic rings. The smallest absolute Gasteiger partial charge is 0.366 e. The molecular formula is C38H54O20Si. The van der Waals surface area contributed by atoms with Gasteiger partial charge >= 0.3 is 41.8 Å². The number of methoxy groups -OCH3 is 1. The van der Waals surface area contributed by atoms with Crippen molar-refractivity contribution >= 4 is 49.9 Å². The number of aliphatic hydroxyl groups is 2. The zero-order valence-electron chi connectivity index (χ0n) is 34.4. The van der Waals surface area contributed by atoms with E-state index in [9.17, 15) is 43.8 Å². The Morgan fingerprint density at radius 1 is 0.814 bits per heavy atom. The van der Waals surface area contributed by atoms with Gasteiger partial charge in [0, 0.05) is 49.3 Å². The van der Waals surface area contributed by atoms with Gasteiger partial charge in [0.25, 0.3) is 5.79 Å². The van der Waals surface area contributed by atoms with E-state index in [-0.39, 0.29) is 12.2 Å². The fourth-order valence-corrected chi connectivity index (χ4v) is 6.97. The third kappa shape index (κ3) is 14.3. The molecule has 0 unspecified atom stereocenters. The van der Waals surface area contributed by atoms with Crippen LogP contribution >= 0.6 is 0 Å². The van der Waals surface area contributed by atoms with Crippen molar-refractivity contribution in [1.82, 2.24) is 0 Å². The van der Waals surface area contributed by atoms with Crippen molar-refractivity contribution in [2.75, 3.05) is 26.9 Å². The number of carbonyl (C=O) groups excluding carboxylic acids is 7. The lowest BCUT2D eigenvalue weighted by Gasteiger charge is -2.50. The summed E-state index contributed by atoms with van der Waals surface area (Å²) in [5, 5.41) is 23.5. The van der Waals surface area contributed by atoms with E-state index in [1.165, 1.54) is 12.1 Å². The number of benzene rings is 1.